The molecule has 0 fully saturated rings. The maximum atomic E-state index is 13.6. The van der Waals surface area contributed by atoms with E-state index in [4.69, 9.17) is 16.7 Å². The summed E-state index contributed by atoms with van der Waals surface area (Å²) >= 11 is 6.35. The Morgan fingerprint density at radius 3 is 2.43 bits per heavy atom. The number of benzene rings is 1. The number of thiophene rings is 1. The Kier molecular flexibility index (Phi) is 4.17. The molecule has 10 heteroatoms. The third-order valence-electron chi connectivity index (χ3n) is 2.34. The molecule has 0 saturated heterocycles. The van der Waals surface area contributed by atoms with Crippen molar-refractivity contribution in [3.63, 3.8) is 0 Å². The normalized spacial score (nSPS) is 11.4. The van der Waals surface area contributed by atoms with E-state index in [2.05, 4.69) is 0 Å². The fourth-order valence-corrected chi connectivity index (χ4v) is 3.97. The number of aromatic carboxylic acids is 1. The predicted molar refractivity (Wildman–Crippen MR) is 73.5 cm³/mol. The minimum absolute atomic E-state index is 0.187. The lowest BCUT2D eigenvalue weighted by atomic mass is 10.2. The molecule has 0 saturated carbocycles. The van der Waals surface area contributed by atoms with Crippen molar-refractivity contribution in [3.8, 4) is 0 Å². The van der Waals surface area contributed by atoms with Crippen LogP contribution in [0.3, 0.4) is 0 Å². The second-order valence-corrected chi connectivity index (χ2v) is 7.41. The van der Waals surface area contributed by atoms with Gasteiger partial charge in [-0.05, 0) is 18.2 Å². The van der Waals surface area contributed by atoms with Crippen LogP contribution in [0.2, 0.25) is 4.34 Å². The first kappa shape index (κ1) is 15.7. The summed E-state index contributed by atoms with van der Waals surface area (Å²) in [6.07, 6.45) is 0. The third-order valence-corrected chi connectivity index (χ3v) is 5.43. The molecule has 112 valence electrons. The number of sulfonamides is 1. The molecule has 0 amide bonds. The number of carboxylic acid groups (broad SMARTS) is 1. The molecule has 1 aromatic heterocycles. The number of anilines is 1. The smallest absolute Gasteiger partial charge is 0.338 e. The van der Waals surface area contributed by atoms with Gasteiger partial charge >= 0.3 is 5.97 Å². The van der Waals surface area contributed by atoms with Crippen molar-refractivity contribution in [3.05, 3.63) is 45.8 Å². The highest BCUT2D eigenvalue weighted by atomic mass is 35.5. The molecule has 5 nitrogen and oxygen atoms in total. The number of hydrogen-bond acceptors (Lipinski definition) is 4. The fourth-order valence-electron chi connectivity index (χ4n) is 1.43. The fraction of sp³-hybridized carbons (Fsp3) is 0. The molecule has 1 aromatic carbocycles. The van der Waals surface area contributed by atoms with Crippen molar-refractivity contribution in [1.82, 2.24) is 0 Å². The van der Waals surface area contributed by atoms with Gasteiger partial charge in [0.1, 0.15) is 15.8 Å². The highest BCUT2D eigenvalue weighted by molar-refractivity contribution is 7.94. The van der Waals surface area contributed by atoms with Gasteiger partial charge < -0.3 is 5.11 Å². The Labute approximate surface area is 126 Å². The van der Waals surface area contributed by atoms with E-state index in [1.165, 1.54) is 12.1 Å². The highest BCUT2D eigenvalue weighted by Gasteiger charge is 2.21. The number of carboxylic acids is 1. The first-order valence-electron chi connectivity index (χ1n) is 5.21. The zero-order chi connectivity index (χ0) is 15.8. The van der Waals surface area contributed by atoms with E-state index in [0.717, 1.165) is 11.3 Å². The third kappa shape index (κ3) is 3.31. The zero-order valence-electron chi connectivity index (χ0n) is 9.93. The van der Waals surface area contributed by atoms with Crippen LogP contribution >= 0.6 is 22.9 Å². The minimum Gasteiger partial charge on any atom is -0.478 e. The maximum absolute atomic E-state index is 13.6. The molecule has 0 spiro atoms. The van der Waals surface area contributed by atoms with E-state index >= 15 is 0 Å². The van der Waals surface area contributed by atoms with Crippen LogP contribution in [-0.4, -0.2) is 19.5 Å². The molecule has 0 radical (unpaired) electrons. The number of hydrogen-bond donors (Lipinski definition) is 2. The number of halogens is 3. The second-order valence-electron chi connectivity index (χ2n) is 3.78. The zero-order valence-corrected chi connectivity index (χ0v) is 12.3. The largest absolute Gasteiger partial charge is 0.478 e. The SMILES string of the molecule is O=C(O)c1cc(NS(=O)(=O)c2ccc(Cl)s2)c(F)cc1F. The van der Waals surface area contributed by atoms with Gasteiger partial charge in [0.25, 0.3) is 10.0 Å². The Hall–Kier alpha value is -1.71. The molecule has 2 N–H and O–H groups in total. The Morgan fingerprint density at radius 2 is 1.90 bits per heavy atom. The average molecular weight is 354 g/mol. The van der Waals surface area contributed by atoms with Crippen molar-refractivity contribution < 1.29 is 27.1 Å². The van der Waals surface area contributed by atoms with Crippen LogP contribution in [0.4, 0.5) is 14.5 Å². The van der Waals surface area contributed by atoms with Gasteiger partial charge in [0.2, 0.25) is 0 Å². The van der Waals surface area contributed by atoms with Crippen molar-refractivity contribution >= 4 is 44.6 Å². The minimum atomic E-state index is -4.14. The number of rotatable bonds is 4. The monoisotopic (exact) mass is 353 g/mol. The van der Waals surface area contributed by atoms with Gasteiger partial charge in [-0.3, -0.25) is 4.72 Å². The molecule has 2 aromatic rings. The van der Waals surface area contributed by atoms with Gasteiger partial charge in [0, 0.05) is 6.07 Å². The highest BCUT2D eigenvalue weighted by Crippen LogP contribution is 2.28. The van der Waals surface area contributed by atoms with Crippen LogP contribution in [0.25, 0.3) is 0 Å². The summed E-state index contributed by atoms with van der Waals surface area (Å²) in [4.78, 5) is 10.8. The molecule has 0 aliphatic rings. The van der Waals surface area contributed by atoms with Crippen molar-refractivity contribution in [2.75, 3.05) is 4.72 Å². The summed E-state index contributed by atoms with van der Waals surface area (Å²) < 4.78 is 52.6. The van der Waals surface area contributed by atoms with Gasteiger partial charge in [-0.2, -0.15) is 0 Å². The average Bonchev–Trinajstić information content (AvgIpc) is 2.79. The van der Waals surface area contributed by atoms with Crippen LogP contribution in [0.5, 0.6) is 0 Å². The van der Waals surface area contributed by atoms with E-state index in [1.54, 1.807) is 0 Å². The second kappa shape index (κ2) is 5.58. The summed E-state index contributed by atoms with van der Waals surface area (Å²) in [5.41, 5.74) is -1.52. The van der Waals surface area contributed by atoms with Crippen molar-refractivity contribution in [1.29, 1.82) is 0 Å². The Bertz CT molecular complexity index is 820. The molecule has 2 rings (SSSR count). The molecule has 0 unspecified atom stereocenters. The van der Waals surface area contributed by atoms with E-state index < -0.39 is 38.9 Å². The Balaban J connectivity index is 2.44. The quantitative estimate of drug-likeness (QED) is 0.884. The van der Waals surface area contributed by atoms with Crippen LogP contribution in [0.1, 0.15) is 10.4 Å². The lowest BCUT2D eigenvalue weighted by Gasteiger charge is -2.08. The number of nitrogens with one attached hydrogen (secondary N) is 1. The van der Waals surface area contributed by atoms with E-state index in [-0.39, 0.29) is 8.55 Å². The molecule has 1 heterocycles. The standard InChI is InChI=1S/C11H6ClF2NO4S2/c12-9-1-2-10(20-9)21(18,19)15-8-3-5(11(16)17)6(13)4-7(8)14/h1-4,15H,(H,16,17). The van der Waals surface area contributed by atoms with Crippen molar-refractivity contribution in [2.45, 2.75) is 4.21 Å². The van der Waals surface area contributed by atoms with Gasteiger partial charge in [0.15, 0.2) is 0 Å². The molecule has 0 bridgehead atoms. The molecule has 0 aliphatic carbocycles. The van der Waals surface area contributed by atoms with Crippen LogP contribution < -0.4 is 4.72 Å². The molecular weight excluding hydrogens is 348 g/mol. The van der Waals surface area contributed by atoms with Crippen LogP contribution in [0.15, 0.2) is 28.5 Å². The van der Waals surface area contributed by atoms with Crippen LogP contribution in [0, 0.1) is 11.6 Å². The first-order valence-corrected chi connectivity index (χ1v) is 7.89. The summed E-state index contributed by atoms with van der Waals surface area (Å²) in [5, 5.41) is 8.74. The Morgan fingerprint density at radius 1 is 1.24 bits per heavy atom. The molecule has 0 aliphatic heterocycles. The predicted octanol–water partition coefficient (Wildman–Crippen LogP) is 3.18. The lowest BCUT2D eigenvalue weighted by molar-refractivity contribution is 0.0692. The first-order chi connectivity index (χ1) is 9.70. The maximum Gasteiger partial charge on any atom is 0.338 e. The lowest BCUT2D eigenvalue weighted by Crippen LogP contribution is -2.14. The summed E-state index contributed by atoms with van der Waals surface area (Å²) in [5.74, 6) is -4.18. The van der Waals surface area contributed by atoms with Gasteiger partial charge in [0.05, 0.1) is 15.6 Å². The summed E-state index contributed by atoms with van der Waals surface area (Å²) in [7, 11) is -4.14. The topological polar surface area (TPSA) is 83.5 Å². The molecular formula is C11H6ClF2NO4S2. The summed E-state index contributed by atoms with van der Waals surface area (Å²) in [6.45, 7) is 0. The van der Waals surface area contributed by atoms with Gasteiger partial charge in [-0.15, -0.1) is 11.3 Å². The van der Waals surface area contributed by atoms with E-state index in [0.29, 0.717) is 12.1 Å². The van der Waals surface area contributed by atoms with Gasteiger partial charge in [-0.1, -0.05) is 11.6 Å². The molecule has 21 heavy (non-hydrogen) atoms. The van der Waals surface area contributed by atoms with Gasteiger partial charge in [-0.25, -0.2) is 22.0 Å². The summed E-state index contributed by atoms with van der Waals surface area (Å²) in [6, 6.07) is 3.40. The van der Waals surface area contributed by atoms with E-state index in [1.807, 2.05) is 4.72 Å². The van der Waals surface area contributed by atoms with Crippen LogP contribution in [-0.2, 0) is 10.0 Å². The van der Waals surface area contributed by atoms with Crippen molar-refractivity contribution in [2.24, 2.45) is 0 Å². The molecule has 0 atom stereocenters. The number of carbonyl (C=O) groups is 1. The van der Waals surface area contributed by atoms with E-state index in [9.17, 15) is 22.0 Å².